The van der Waals surface area contributed by atoms with Gasteiger partial charge in [-0.2, -0.15) is 0 Å². The minimum absolute atomic E-state index is 0.0973. The zero-order valence-corrected chi connectivity index (χ0v) is 20.9. The highest BCUT2D eigenvalue weighted by Gasteiger charge is 2.39. The fourth-order valence-corrected chi connectivity index (χ4v) is 4.46. The lowest BCUT2D eigenvalue weighted by atomic mass is 10.0. The second kappa shape index (κ2) is 11.0. The fourth-order valence-electron chi connectivity index (χ4n) is 4.27. The molecule has 0 aliphatic carbocycles. The zero-order chi connectivity index (χ0) is 26.7. The summed E-state index contributed by atoms with van der Waals surface area (Å²) in [6.07, 6.45) is 0.446. The molecular weight excluding hydrogens is 500 g/mol. The van der Waals surface area contributed by atoms with Gasteiger partial charge >= 0.3 is 6.03 Å². The Morgan fingerprint density at radius 1 is 1.19 bits per heavy atom. The number of rotatable bonds is 7. The van der Waals surface area contributed by atoms with Crippen molar-refractivity contribution in [1.82, 2.24) is 20.4 Å². The topological polar surface area (TPSA) is 154 Å². The summed E-state index contributed by atoms with van der Waals surface area (Å²) in [5.74, 6) is -1.53. The van der Waals surface area contributed by atoms with Gasteiger partial charge in [0.05, 0.1) is 13.2 Å². The van der Waals surface area contributed by atoms with E-state index in [4.69, 9.17) is 17.3 Å². The third-order valence-electron chi connectivity index (χ3n) is 6.32. The number of aryl methyl sites for hydroxylation is 1. The number of hydrogen-bond acceptors (Lipinski definition) is 6. The normalized spacial score (nSPS) is 16.8. The van der Waals surface area contributed by atoms with Crippen LogP contribution >= 0.6 is 11.6 Å². The van der Waals surface area contributed by atoms with Gasteiger partial charge in [-0.25, -0.2) is 4.79 Å². The summed E-state index contributed by atoms with van der Waals surface area (Å²) in [6.45, 7) is 1.87. The van der Waals surface area contributed by atoms with Crippen LogP contribution in [0.15, 0.2) is 36.4 Å². The zero-order valence-electron chi connectivity index (χ0n) is 20.2. The number of hydrogen-bond donors (Lipinski definition) is 4. The van der Waals surface area contributed by atoms with E-state index in [9.17, 15) is 24.0 Å². The number of nitrogens with one attached hydrogen (secondary N) is 3. The molecule has 194 valence electrons. The van der Waals surface area contributed by atoms with Gasteiger partial charge in [-0.15, -0.1) is 0 Å². The van der Waals surface area contributed by atoms with E-state index in [0.717, 1.165) is 11.1 Å². The van der Waals surface area contributed by atoms with Crippen LogP contribution in [0.5, 0.6) is 0 Å². The molecule has 2 aromatic rings. The number of benzene rings is 2. The van der Waals surface area contributed by atoms with Crippen molar-refractivity contribution in [2.24, 2.45) is 5.73 Å². The van der Waals surface area contributed by atoms with Crippen molar-refractivity contribution in [2.75, 3.05) is 18.5 Å². The quantitative estimate of drug-likeness (QED) is 0.316. The first-order valence-corrected chi connectivity index (χ1v) is 12.1. The van der Waals surface area contributed by atoms with E-state index in [-0.39, 0.29) is 51.0 Å². The summed E-state index contributed by atoms with van der Waals surface area (Å²) in [6, 6.07) is 9.13. The van der Waals surface area contributed by atoms with E-state index < -0.39 is 23.9 Å². The highest BCUT2D eigenvalue weighted by atomic mass is 35.5. The van der Waals surface area contributed by atoms with Crippen LogP contribution in [0.3, 0.4) is 0 Å². The first-order valence-electron chi connectivity index (χ1n) is 11.7. The number of fused-ring (bicyclic) bond motifs is 1. The summed E-state index contributed by atoms with van der Waals surface area (Å²) < 4.78 is 0. The highest BCUT2D eigenvalue weighted by Crippen LogP contribution is 2.28. The van der Waals surface area contributed by atoms with Crippen LogP contribution in [0.4, 0.5) is 10.5 Å². The Morgan fingerprint density at radius 2 is 1.97 bits per heavy atom. The molecule has 1 atom stereocenters. The van der Waals surface area contributed by atoms with Crippen LogP contribution in [-0.2, 0) is 27.5 Å². The first kappa shape index (κ1) is 26.1. The number of amides is 6. The summed E-state index contributed by atoms with van der Waals surface area (Å²) in [7, 11) is 0. The molecular formula is C25H27ClN6O5. The second-order valence-electron chi connectivity index (χ2n) is 8.95. The van der Waals surface area contributed by atoms with Gasteiger partial charge < -0.3 is 26.2 Å². The van der Waals surface area contributed by atoms with Crippen LogP contribution < -0.4 is 21.7 Å². The highest BCUT2D eigenvalue weighted by molar-refractivity contribution is 6.31. The van der Waals surface area contributed by atoms with Crippen LogP contribution in [0.25, 0.3) is 0 Å². The summed E-state index contributed by atoms with van der Waals surface area (Å²) in [5, 5.41) is 8.16. The van der Waals surface area contributed by atoms with Gasteiger partial charge in [0.1, 0.15) is 6.04 Å². The van der Waals surface area contributed by atoms with Crippen molar-refractivity contribution < 1.29 is 24.0 Å². The van der Waals surface area contributed by atoms with Gasteiger partial charge in [-0.3, -0.25) is 24.5 Å². The van der Waals surface area contributed by atoms with E-state index in [1.165, 1.54) is 9.80 Å². The molecule has 0 radical (unpaired) electrons. The maximum atomic E-state index is 13.1. The molecule has 1 saturated heterocycles. The molecule has 11 nitrogen and oxygen atoms in total. The largest absolute Gasteiger partial charge is 0.337 e. The molecule has 0 aromatic heterocycles. The van der Waals surface area contributed by atoms with Crippen molar-refractivity contribution in [2.45, 2.75) is 38.9 Å². The van der Waals surface area contributed by atoms with Crippen molar-refractivity contribution >= 4 is 46.9 Å². The van der Waals surface area contributed by atoms with E-state index in [1.54, 1.807) is 36.4 Å². The standard InChI is InChI=1S/C25H27ClN6O5/c1-14-2-4-17(9-19(14)26)29-25(37)31(13-28-22(34)10-27)11-15-3-5-18-16(8-15)12-32(24(18)36)20-6-7-21(33)30-23(20)35/h2-5,8-9,20H,6-7,10-13,27H2,1H3,(H,28,34)(H,29,37)(H,30,33,35). The molecule has 2 heterocycles. The summed E-state index contributed by atoms with van der Waals surface area (Å²) in [4.78, 5) is 64.4. The van der Waals surface area contributed by atoms with Crippen molar-refractivity contribution in [3.05, 3.63) is 63.7 Å². The lowest BCUT2D eigenvalue weighted by Gasteiger charge is -2.29. The second-order valence-corrected chi connectivity index (χ2v) is 9.35. The predicted octanol–water partition coefficient (Wildman–Crippen LogP) is 1.48. The molecule has 4 rings (SSSR count). The molecule has 2 aliphatic heterocycles. The average Bonchev–Trinajstić information content (AvgIpc) is 3.19. The molecule has 0 bridgehead atoms. The van der Waals surface area contributed by atoms with Gasteiger partial charge in [-0.05, 0) is 48.2 Å². The van der Waals surface area contributed by atoms with Crippen LogP contribution in [0, 0.1) is 6.92 Å². The number of nitrogens with zero attached hydrogens (tertiary/aromatic N) is 2. The lowest BCUT2D eigenvalue weighted by Crippen LogP contribution is -2.52. The minimum Gasteiger partial charge on any atom is -0.337 e. The summed E-state index contributed by atoms with van der Waals surface area (Å²) >= 11 is 6.17. The van der Waals surface area contributed by atoms with Crippen molar-refractivity contribution in [3.63, 3.8) is 0 Å². The van der Waals surface area contributed by atoms with Gasteiger partial charge in [-0.1, -0.05) is 29.8 Å². The molecule has 1 unspecified atom stereocenters. The van der Waals surface area contributed by atoms with Crippen molar-refractivity contribution in [3.8, 4) is 0 Å². The Hall–Kier alpha value is -3.96. The molecule has 0 spiro atoms. The number of nitrogens with two attached hydrogens (primary N) is 1. The molecule has 37 heavy (non-hydrogen) atoms. The Kier molecular flexibility index (Phi) is 7.74. The van der Waals surface area contributed by atoms with E-state index in [1.807, 2.05) is 6.92 Å². The Balaban J connectivity index is 1.50. The lowest BCUT2D eigenvalue weighted by molar-refractivity contribution is -0.137. The summed E-state index contributed by atoms with van der Waals surface area (Å²) in [5.41, 5.74) is 8.64. The number of imide groups is 1. The SMILES string of the molecule is Cc1ccc(NC(=O)N(CNC(=O)CN)Cc2ccc3c(c2)CN(C2CCC(=O)NC2=O)C3=O)cc1Cl. The molecule has 12 heteroatoms. The number of carbonyl (C=O) groups excluding carboxylic acids is 5. The van der Waals surface area contributed by atoms with E-state index in [2.05, 4.69) is 16.0 Å². The number of piperidine rings is 1. The number of urea groups is 1. The predicted molar refractivity (Wildman–Crippen MR) is 135 cm³/mol. The van der Waals surface area contributed by atoms with Crippen molar-refractivity contribution in [1.29, 1.82) is 0 Å². The number of halogens is 1. The average molecular weight is 527 g/mol. The Morgan fingerprint density at radius 3 is 2.68 bits per heavy atom. The smallest absolute Gasteiger partial charge is 0.323 e. The number of anilines is 1. The third-order valence-corrected chi connectivity index (χ3v) is 6.73. The molecule has 2 aliphatic rings. The molecule has 6 amide bonds. The Bertz CT molecular complexity index is 1280. The fraction of sp³-hybridized carbons (Fsp3) is 0.320. The Labute approximate surface area is 218 Å². The number of carbonyl (C=O) groups is 5. The van der Waals surface area contributed by atoms with Gasteiger partial charge in [0, 0.05) is 35.8 Å². The maximum absolute atomic E-state index is 13.1. The molecule has 0 saturated carbocycles. The monoisotopic (exact) mass is 526 g/mol. The van der Waals surface area contributed by atoms with Gasteiger partial charge in [0.15, 0.2) is 0 Å². The van der Waals surface area contributed by atoms with Crippen LogP contribution in [0.1, 0.15) is 39.9 Å². The maximum Gasteiger partial charge on any atom is 0.323 e. The van der Waals surface area contributed by atoms with E-state index in [0.29, 0.717) is 21.8 Å². The van der Waals surface area contributed by atoms with E-state index >= 15 is 0 Å². The van der Waals surface area contributed by atoms with Crippen LogP contribution in [-0.4, -0.2) is 58.7 Å². The third kappa shape index (κ3) is 5.89. The first-order chi connectivity index (χ1) is 17.7. The van der Waals surface area contributed by atoms with Crippen LogP contribution in [0.2, 0.25) is 5.02 Å². The molecule has 5 N–H and O–H groups in total. The van der Waals surface area contributed by atoms with Gasteiger partial charge in [0.2, 0.25) is 17.7 Å². The molecule has 2 aromatic carbocycles. The minimum atomic E-state index is -0.712. The van der Waals surface area contributed by atoms with Gasteiger partial charge in [0.25, 0.3) is 5.91 Å². The molecule has 1 fully saturated rings.